The van der Waals surface area contributed by atoms with Crippen LogP contribution in [0.25, 0.3) is 5.69 Å². The van der Waals surface area contributed by atoms with Gasteiger partial charge in [0.1, 0.15) is 11.4 Å². The summed E-state index contributed by atoms with van der Waals surface area (Å²) in [5.74, 6) is -2.22. The van der Waals surface area contributed by atoms with E-state index in [1.807, 2.05) is 0 Å². The average Bonchev–Trinajstić information content (AvgIpc) is 3.17. The van der Waals surface area contributed by atoms with Gasteiger partial charge in [-0.15, -0.1) is 0 Å². The summed E-state index contributed by atoms with van der Waals surface area (Å²) in [6, 6.07) is 9.03. The zero-order valence-electron chi connectivity index (χ0n) is 16.5. The highest BCUT2D eigenvalue weighted by Crippen LogP contribution is 2.34. The molecule has 31 heavy (non-hydrogen) atoms. The maximum absolute atomic E-state index is 13.6. The third kappa shape index (κ3) is 4.73. The van der Waals surface area contributed by atoms with Crippen molar-refractivity contribution in [1.29, 1.82) is 0 Å². The molecule has 0 spiro atoms. The number of carbonyl (C=O) groups excluding carboxylic acids is 2. The second-order valence-corrected chi connectivity index (χ2v) is 6.50. The van der Waals surface area contributed by atoms with Gasteiger partial charge in [-0.05, 0) is 55.8 Å². The van der Waals surface area contributed by atoms with Crippen LogP contribution in [0.1, 0.15) is 38.9 Å². The maximum atomic E-state index is 13.6. The van der Waals surface area contributed by atoms with E-state index in [4.69, 9.17) is 0 Å². The molecule has 0 bridgehead atoms. The van der Waals surface area contributed by atoms with Crippen molar-refractivity contribution in [1.82, 2.24) is 9.78 Å². The quantitative estimate of drug-likeness (QED) is 0.463. The van der Waals surface area contributed by atoms with Gasteiger partial charge < -0.3 is 10.1 Å². The van der Waals surface area contributed by atoms with Crippen molar-refractivity contribution < 1.29 is 31.9 Å². The third-order valence-electron chi connectivity index (χ3n) is 4.35. The number of hydrogen-bond acceptors (Lipinski definition) is 4. The van der Waals surface area contributed by atoms with Gasteiger partial charge in [0.2, 0.25) is 0 Å². The van der Waals surface area contributed by atoms with E-state index in [1.54, 1.807) is 6.92 Å². The molecule has 6 nitrogen and oxygen atoms in total. The Morgan fingerprint density at radius 1 is 1.13 bits per heavy atom. The van der Waals surface area contributed by atoms with Crippen molar-refractivity contribution in [2.75, 3.05) is 11.9 Å². The van der Waals surface area contributed by atoms with E-state index in [1.165, 1.54) is 43.3 Å². The van der Waals surface area contributed by atoms with Gasteiger partial charge >= 0.3 is 12.1 Å². The highest BCUT2D eigenvalue weighted by Gasteiger charge is 2.41. The summed E-state index contributed by atoms with van der Waals surface area (Å²) in [6.07, 6.45) is -4.09. The fourth-order valence-electron chi connectivity index (χ4n) is 2.85. The van der Waals surface area contributed by atoms with Crippen LogP contribution in [0.4, 0.5) is 23.2 Å². The molecule has 10 heteroatoms. The SMILES string of the molecule is CCOC(=O)c1cnn(-c2ccc(C(=O)Nc3cc(F)ccc3C)cc2)c1C(F)(F)F. The van der Waals surface area contributed by atoms with Crippen LogP contribution in [0, 0.1) is 12.7 Å². The first-order valence-corrected chi connectivity index (χ1v) is 9.12. The van der Waals surface area contributed by atoms with Crippen LogP contribution in [0.3, 0.4) is 0 Å². The lowest BCUT2D eigenvalue weighted by molar-refractivity contribution is -0.143. The van der Waals surface area contributed by atoms with Gasteiger partial charge in [-0.25, -0.2) is 13.9 Å². The first kappa shape index (κ1) is 22.0. The Kier molecular flexibility index (Phi) is 6.09. The average molecular weight is 435 g/mol. The number of aryl methyl sites for hydroxylation is 1. The van der Waals surface area contributed by atoms with E-state index in [9.17, 15) is 27.2 Å². The first-order valence-electron chi connectivity index (χ1n) is 9.12. The number of alkyl halides is 3. The Morgan fingerprint density at radius 3 is 2.42 bits per heavy atom. The van der Waals surface area contributed by atoms with Crippen LogP contribution < -0.4 is 5.32 Å². The third-order valence-corrected chi connectivity index (χ3v) is 4.35. The fourth-order valence-corrected chi connectivity index (χ4v) is 2.85. The lowest BCUT2D eigenvalue weighted by Gasteiger charge is -2.13. The Labute approximate surface area is 174 Å². The van der Waals surface area contributed by atoms with E-state index in [0.29, 0.717) is 10.2 Å². The molecular formula is C21H17F4N3O3. The molecule has 2 aromatic carbocycles. The second-order valence-electron chi connectivity index (χ2n) is 6.50. The molecule has 0 radical (unpaired) electrons. The van der Waals surface area contributed by atoms with E-state index in [0.717, 1.165) is 12.3 Å². The van der Waals surface area contributed by atoms with Gasteiger partial charge in [-0.2, -0.15) is 18.3 Å². The van der Waals surface area contributed by atoms with Gasteiger partial charge in [-0.1, -0.05) is 6.07 Å². The molecule has 0 atom stereocenters. The molecule has 0 aliphatic heterocycles. The molecule has 0 saturated heterocycles. The number of esters is 1. The zero-order valence-corrected chi connectivity index (χ0v) is 16.5. The molecule has 3 rings (SSSR count). The largest absolute Gasteiger partial charge is 0.462 e. The minimum absolute atomic E-state index is 0.0126. The monoisotopic (exact) mass is 435 g/mol. The van der Waals surface area contributed by atoms with E-state index < -0.39 is 35.1 Å². The number of halogens is 4. The number of benzene rings is 2. The molecule has 0 aliphatic rings. The molecule has 0 fully saturated rings. The Bertz CT molecular complexity index is 1120. The summed E-state index contributed by atoms with van der Waals surface area (Å²) in [6.45, 7) is 3.08. The summed E-state index contributed by atoms with van der Waals surface area (Å²) >= 11 is 0. The Hall–Kier alpha value is -3.69. The smallest absolute Gasteiger partial charge is 0.434 e. The Balaban J connectivity index is 1.90. The lowest BCUT2D eigenvalue weighted by atomic mass is 10.1. The van der Waals surface area contributed by atoms with Crippen LogP contribution in [0.15, 0.2) is 48.7 Å². The number of anilines is 1. The Morgan fingerprint density at radius 2 is 1.81 bits per heavy atom. The summed E-state index contributed by atoms with van der Waals surface area (Å²) in [7, 11) is 0. The summed E-state index contributed by atoms with van der Waals surface area (Å²) in [4.78, 5) is 24.3. The molecule has 0 saturated carbocycles. The van der Waals surface area contributed by atoms with Crippen LogP contribution in [-0.2, 0) is 10.9 Å². The number of amides is 1. The molecule has 1 heterocycles. The highest BCUT2D eigenvalue weighted by molar-refractivity contribution is 6.04. The van der Waals surface area contributed by atoms with Crippen molar-refractivity contribution in [2.24, 2.45) is 0 Å². The second kappa shape index (κ2) is 8.58. The molecule has 162 valence electrons. The normalized spacial score (nSPS) is 11.3. The van der Waals surface area contributed by atoms with E-state index in [2.05, 4.69) is 15.2 Å². The first-order chi connectivity index (χ1) is 14.6. The van der Waals surface area contributed by atoms with Gasteiger partial charge in [0, 0.05) is 11.3 Å². The number of ether oxygens (including phenoxy) is 1. The number of hydrogen-bond donors (Lipinski definition) is 1. The van der Waals surface area contributed by atoms with Gasteiger partial charge in [0.15, 0.2) is 5.69 Å². The highest BCUT2D eigenvalue weighted by atomic mass is 19.4. The number of nitrogens with one attached hydrogen (secondary N) is 1. The van der Waals surface area contributed by atoms with Crippen molar-refractivity contribution in [3.63, 3.8) is 0 Å². The fraction of sp³-hybridized carbons (Fsp3) is 0.190. The van der Waals surface area contributed by atoms with Crippen LogP contribution >= 0.6 is 0 Å². The minimum atomic E-state index is -4.87. The van der Waals surface area contributed by atoms with Crippen LogP contribution in [0.2, 0.25) is 0 Å². The maximum Gasteiger partial charge on any atom is 0.434 e. The number of aromatic nitrogens is 2. The molecular weight excluding hydrogens is 418 g/mol. The minimum Gasteiger partial charge on any atom is -0.462 e. The number of rotatable bonds is 5. The number of nitrogens with zero attached hydrogens (tertiary/aromatic N) is 2. The van der Waals surface area contributed by atoms with Crippen LogP contribution in [0.5, 0.6) is 0 Å². The molecule has 0 unspecified atom stereocenters. The zero-order chi connectivity index (χ0) is 22.8. The standard InChI is InChI=1S/C21H17F4N3O3/c1-3-31-20(30)16-11-26-28(18(16)21(23,24)25)15-8-5-13(6-9-15)19(29)27-17-10-14(22)7-4-12(17)2/h4-11H,3H2,1-2H3,(H,27,29). The van der Waals surface area contributed by atoms with Crippen molar-refractivity contribution >= 4 is 17.6 Å². The van der Waals surface area contributed by atoms with Gasteiger partial charge in [0.05, 0.1) is 18.5 Å². The predicted octanol–water partition coefficient (Wildman–Crippen LogP) is 4.77. The van der Waals surface area contributed by atoms with Crippen molar-refractivity contribution in [3.8, 4) is 5.69 Å². The molecule has 1 aromatic heterocycles. The predicted molar refractivity (Wildman–Crippen MR) is 104 cm³/mol. The van der Waals surface area contributed by atoms with E-state index >= 15 is 0 Å². The summed E-state index contributed by atoms with van der Waals surface area (Å²) < 4.78 is 59.4. The van der Waals surface area contributed by atoms with Crippen LogP contribution in [-0.4, -0.2) is 28.3 Å². The van der Waals surface area contributed by atoms with Gasteiger partial charge in [-0.3, -0.25) is 4.79 Å². The number of carbonyl (C=O) groups is 2. The topological polar surface area (TPSA) is 73.2 Å². The van der Waals surface area contributed by atoms with Crippen molar-refractivity contribution in [3.05, 3.63) is 76.9 Å². The molecule has 3 aromatic rings. The van der Waals surface area contributed by atoms with Crippen molar-refractivity contribution in [2.45, 2.75) is 20.0 Å². The summed E-state index contributed by atoms with van der Waals surface area (Å²) in [5.41, 5.74) is -0.944. The van der Waals surface area contributed by atoms with E-state index in [-0.39, 0.29) is 23.5 Å². The molecule has 0 aliphatic carbocycles. The summed E-state index contributed by atoms with van der Waals surface area (Å²) in [5, 5.41) is 6.23. The lowest BCUT2D eigenvalue weighted by Crippen LogP contribution is -2.18. The van der Waals surface area contributed by atoms with Gasteiger partial charge in [0.25, 0.3) is 5.91 Å². The molecule has 1 N–H and O–H groups in total. The molecule has 1 amide bonds.